The summed E-state index contributed by atoms with van der Waals surface area (Å²) < 4.78 is 11.2. The molecule has 0 spiro atoms. The number of rotatable bonds is 4. The average Bonchev–Trinajstić information content (AvgIpc) is 2.88. The largest absolute Gasteiger partial charge is 0.507 e. The van der Waals surface area contributed by atoms with E-state index in [2.05, 4.69) is 0 Å². The summed E-state index contributed by atoms with van der Waals surface area (Å²) in [4.78, 5) is 12.7. The quantitative estimate of drug-likeness (QED) is 0.700. The zero-order valence-electron chi connectivity index (χ0n) is 16.4. The van der Waals surface area contributed by atoms with Gasteiger partial charge in [0.1, 0.15) is 23.7 Å². The van der Waals surface area contributed by atoms with Crippen LogP contribution in [0.3, 0.4) is 0 Å². The van der Waals surface area contributed by atoms with E-state index in [0.29, 0.717) is 17.5 Å². The highest BCUT2D eigenvalue weighted by atomic mass is 16.5. The zero-order chi connectivity index (χ0) is 20.1. The number of fused-ring (bicyclic) bond motifs is 3. The molecule has 0 unspecified atom stereocenters. The Bertz CT molecular complexity index is 794. The number of methoxy groups -OCH3 is 1. The minimum Gasteiger partial charge on any atom is -0.507 e. The van der Waals surface area contributed by atoms with Crippen LogP contribution in [-0.4, -0.2) is 46.5 Å². The van der Waals surface area contributed by atoms with Gasteiger partial charge in [0.15, 0.2) is 5.78 Å². The van der Waals surface area contributed by atoms with Gasteiger partial charge in [-0.3, -0.25) is 4.79 Å². The molecule has 6 heteroatoms. The molecule has 0 saturated carbocycles. The van der Waals surface area contributed by atoms with E-state index in [9.17, 15) is 20.1 Å². The van der Waals surface area contributed by atoms with Gasteiger partial charge in [-0.15, -0.1) is 0 Å². The molecule has 0 fully saturated rings. The van der Waals surface area contributed by atoms with E-state index in [0.717, 1.165) is 5.57 Å². The van der Waals surface area contributed by atoms with Gasteiger partial charge in [0.2, 0.25) is 0 Å². The Kier molecular flexibility index (Phi) is 5.10. The standard InChI is InChI=1S/C21H28O6/c1-10(2)6-7-16(24)21(4)11(3)27-20-17-12(8-14(23)18(20)21)19(25)15(26-5)9-13(17)22/h6,8,11,15-16,19,23-25H,7,9H2,1-5H3/t11-,15-,16-,19-,21-/m1/s1. The van der Waals surface area contributed by atoms with Crippen molar-refractivity contribution in [2.75, 3.05) is 7.11 Å². The average molecular weight is 376 g/mol. The summed E-state index contributed by atoms with van der Waals surface area (Å²) in [5, 5.41) is 32.2. The molecule has 0 amide bonds. The van der Waals surface area contributed by atoms with Crippen LogP contribution < -0.4 is 4.74 Å². The molecule has 0 radical (unpaired) electrons. The minimum atomic E-state index is -1.03. The molecular formula is C21H28O6. The van der Waals surface area contributed by atoms with Crippen LogP contribution in [0.5, 0.6) is 11.5 Å². The Hall–Kier alpha value is -1.89. The van der Waals surface area contributed by atoms with Crippen LogP contribution in [0.1, 0.15) is 68.1 Å². The van der Waals surface area contributed by atoms with Gasteiger partial charge in [-0.2, -0.15) is 0 Å². The number of hydrogen-bond acceptors (Lipinski definition) is 6. The molecule has 6 nitrogen and oxygen atoms in total. The van der Waals surface area contributed by atoms with Crippen LogP contribution in [0, 0.1) is 0 Å². The van der Waals surface area contributed by atoms with E-state index in [4.69, 9.17) is 9.47 Å². The van der Waals surface area contributed by atoms with E-state index in [-0.39, 0.29) is 29.3 Å². The smallest absolute Gasteiger partial charge is 0.169 e. The van der Waals surface area contributed by atoms with Crippen molar-refractivity contribution in [3.8, 4) is 11.5 Å². The molecular weight excluding hydrogens is 348 g/mol. The van der Waals surface area contributed by atoms with Crippen molar-refractivity contribution < 1.29 is 29.6 Å². The Morgan fingerprint density at radius 2 is 2.15 bits per heavy atom. The second kappa shape index (κ2) is 6.93. The molecule has 3 rings (SSSR count). The SMILES string of the molecule is CO[C@@H]1CC(=O)c2c(cc(O)c3c2O[C@H](C)[C@]3(C)[C@H](O)CC=C(C)C)[C@H]1O. The fraction of sp³-hybridized carbons (Fsp3) is 0.571. The molecule has 1 aliphatic heterocycles. The highest BCUT2D eigenvalue weighted by Crippen LogP contribution is 2.54. The normalized spacial score (nSPS) is 30.3. The summed E-state index contributed by atoms with van der Waals surface area (Å²) in [6.45, 7) is 7.56. The third-order valence-electron chi connectivity index (χ3n) is 6.05. The highest BCUT2D eigenvalue weighted by Gasteiger charge is 2.52. The molecule has 1 aliphatic carbocycles. The summed E-state index contributed by atoms with van der Waals surface area (Å²) in [6, 6.07) is 1.41. The number of aromatic hydroxyl groups is 1. The van der Waals surface area contributed by atoms with E-state index < -0.39 is 29.8 Å². The zero-order valence-corrected chi connectivity index (χ0v) is 16.4. The molecule has 5 atom stereocenters. The van der Waals surface area contributed by atoms with Crippen LogP contribution in [0.4, 0.5) is 0 Å². The van der Waals surface area contributed by atoms with Gasteiger partial charge in [-0.1, -0.05) is 11.6 Å². The number of carbonyl (C=O) groups is 1. The summed E-state index contributed by atoms with van der Waals surface area (Å²) in [5.74, 6) is -0.0149. The maximum absolute atomic E-state index is 12.7. The first kappa shape index (κ1) is 19.9. The lowest BCUT2D eigenvalue weighted by atomic mass is 9.71. The molecule has 27 heavy (non-hydrogen) atoms. The molecule has 148 valence electrons. The summed E-state index contributed by atoms with van der Waals surface area (Å²) in [7, 11) is 1.44. The van der Waals surface area contributed by atoms with Crippen LogP contribution in [0.2, 0.25) is 0 Å². The maximum atomic E-state index is 12.7. The fourth-order valence-electron chi connectivity index (χ4n) is 4.16. The molecule has 3 N–H and O–H groups in total. The number of phenols is 1. The predicted molar refractivity (Wildman–Crippen MR) is 100 cm³/mol. The second-order valence-corrected chi connectivity index (χ2v) is 7.99. The monoisotopic (exact) mass is 376 g/mol. The molecule has 2 aliphatic rings. The number of carbonyl (C=O) groups excluding carboxylic acids is 1. The molecule has 1 aromatic rings. The van der Waals surface area contributed by atoms with Crippen molar-refractivity contribution in [1.82, 2.24) is 0 Å². The van der Waals surface area contributed by atoms with Gasteiger partial charge in [0.25, 0.3) is 0 Å². The fourth-order valence-corrected chi connectivity index (χ4v) is 4.16. The summed E-state index contributed by atoms with van der Waals surface area (Å²) in [6.07, 6.45) is -0.551. The molecule has 0 saturated heterocycles. The number of ether oxygens (including phenoxy) is 2. The number of ketones is 1. The summed E-state index contributed by atoms with van der Waals surface area (Å²) >= 11 is 0. The topological polar surface area (TPSA) is 96.2 Å². The van der Waals surface area contributed by atoms with E-state index >= 15 is 0 Å². The van der Waals surface area contributed by atoms with Crippen LogP contribution in [-0.2, 0) is 10.2 Å². The van der Waals surface area contributed by atoms with Gasteiger partial charge < -0.3 is 24.8 Å². The molecule has 1 heterocycles. The van der Waals surface area contributed by atoms with Gasteiger partial charge >= 0.3 is 0 Å². The van der Waals surface area contributed by atoms with Crippen molar-refractivity contribution in [2.24, 2.45) is 0 Å². The van der Waals surface area contributed by atoms with E-state index in [1.807, 2.05) is 33.8 Å². The number of benzene rings is 1. The van der Waals surface area contributed by atoms with Crippen molar-refractivity contribution in [3.05, 3.63) is 34.4 Å². The Morgan fingerprint density at radius 3 is 2.74 bits per heavy atom. The molecule has 0 bridgehead atoms. The van der Waals surface area contributed by atoms with Gasteiger partial charge in [0.05, 0.1) is 23.2 Å². The van der Waals surface area contributed by atoms with E-state index in [1.54, 1.807) is 0 Å². The van der Waals surface area contributed by atoms with Crippen molar-refractivity contribution in [1.29, 1.82) is 0 Å². The number of phenolic OH excluding ortho intramolecular Hbond substituents is 1. The third kappa shape index (κ3) is 2.96. The number of allylic oxidation sites excluding steroid dienone is 1. The Balaban J connectivity index is 2.15. The lowest BCUT2D eigenvalue weighted by Gasteiger charge is -2.34. The Labute approximate surface area is 159 Å². The first-order chi connectivity index (χ1) is 12.6. The minimum absolute atomic E-state index is 0.0384. The second-order valence-electron chi connectivity index (χ2n) is 7.99. The lowest BCUT2D eigenvalue weighted by molar-refractivity contribution is -0.0196. The van der Waals surface area contributed by atoms with Crippen molar-refractivity contribution in [2.45, 2.75) is 70.4 Å². The maximum Gasteiger partial charge on any atom is 0.169 e. The number of aliphatic hydroxyl groups excluding tert-OH is 2. The van der Waals surface area contributed by atoms with Gasteiger partial charge in [-0.05, 0) is 40.2 Å². The van der Waals surface area contributed by atoms with Crippen LogP contribution in [0.25, 0.3) is 0 Å². The predicted octanol–water partition coefficient (Wildman–Crippen LogP) is 2.78. The number of aliphatic hydroxyl groups is 2. The number of Topliss-reactive ketones (excluding diaryl/α,β-unsaturated/α-hetero) is 1. The first-order valence-corrected chi connectivity index (χ1v) is 9.25. The first-order valence-electron chi connectivity index (χ1n) is 9.25. The third-order valence-corrected chi connectivity index (χ3v) is 6.05. The molecule has 0 aromatic heterocycles. The molecule has 1 aromatic carbocycles. The Morgan fingerprint density at radius 1 is 1.48 bits per heavy atom. The van der Waals surface area contributed by atoms with Crippen molar-refractivity contribution in [3.63, 3.8) is 0 Å². The van der Waals surface area contributed by atoms with E-state index in [1.165, 1.54) is 13.2 Å². The van der Waals surface area contributed by atoms with Crippen LogP contribution in [0.15, 0.2) is 17.7 Å². The summed E-state index contributed by atoms with van der Waals surface area (Å²) in [5.41, 5.74) is 1.23. The van der Waals surface area contributed by atoms with Crippen LogP contribution >= 0.6 is 0 Å². The van der Waals surface area contributed by atoms with Gasteiger partial charge in [-0.25, -0.2) is 0 Å². The highest BCUT2D eigenvalue weighted by molar-refractivity contribution is 6.03. The number of hydrogen-bond donors (Lipinski definition) is 3. The van der Waals surface area contributed by atoms with Crippen molar-refractivity contribution >= 4 is 5.78 Å². The lowest BCUT2D eigenvalue weighted by Crippen LogP contribution is -2.43. The van der Waals surface area contributed by atoms with Gasteiger partial charge in [0, 0.05) is 24.7 Å².